The molecule has 2 heterocycles. The number of carbonyl (C=O) groups excluding carboxylic acids is 2. The van der Waals surface area contributed by atoms with Gasteiger partial charge in [0.1, 0.15) is 6.04 Å². The first kappa shape index (κ1) is 19.2. The van der Waals surface area contributed by atoms with Gasteiger partial charge < -0.3 is 14.6 Å². The van der Waals surface area contributed by atoms with E-state index >= 15 is 0 Å². The average molecular weight is 390 g/mol. The highest BCUT2D eigenvalue weighted by Crippen LogP contribution is 2.20. The summed E-state index contributed by atoms with van der Waals surface area (Å²) in [5.41, 5.74) is 0. The summed E-state index contributed by atoms with van der Waals surface area (Å²) in [6.45, 7) is 0.740. The maximum Gasteiger partial charge on any atom is 0.290 e. The van der Waals surface area contributed by atoms with Gasteiger partial charge in [0.25, 0.3) is 5.91 Å². The Morgan fingerprint density at radius 2 is 1.93 bits per heavy atom. The number of nitrogens with zero attached hydrogens (tertiary/aromatic N) is 1. The molecule has 1 N–H and O–H groups in total. The maximum absolute atomic E-state index is 12.4. The van der Waals surface area contributed by atoms with Crippen molar-refractivity contribution in [3.63, 3.8) is 0 Å². The van der Waals surface area contributed by atoms with Gasteiger partial charge in [-0.05, 0) is 43.5 Å². The molecular weight excluding hydrogens is 368 g/mol. The first-order valence-electron chi connectivity index (χ1n) is 8.89. The summed E-state index contributed by atoms with van der Waals surface area (Å²) in [5, 5.41) is 2.75. The van der Waals surface area contributed by atoms with E-state index in [1.807, 2.05) is 0 Å². The summed E-state index contributed by atoms with van der Waals surface area (Å²) in [6.07, 6.45) is 3.06. The monoisotopic (exact) mass is 390 g/mol. The Balaban J connectivity index is 1.50. The maximum atomic E-state index is 12.4. The SMILES string of the molecule is O=C(NCCCS(=O)(=O)c1ccccc1)C1CCCN1C(=O)c1ccco1. The molecular formula is C19H22N2O5S. The minimum absolute atomic E-state index is 0.0446. The topological polar surface area (TPSA) is 96.7 Å². The number of hydrogen-bond acceptors (Lipinski definition) is 5. The molecule has 0 radical (unpaired) electrons. The van der Waals surface area contributed by atoms with Gasteiger partial charge >= 0.3 is 0 Å². The van der Waals surface area contributed by atoms with Gasteiger partial charge in [-0.1, -0.05) is 18.2 Å². The largest absolute Gasteiger partial charge is 0.459 e. The number of sulfone groups is 1. The van der Waals surface area contributed by atoms with E-state index < -0.39 is 15.9 Å². The number of furan rings is 1. The van der Waals surface area contributed by atoms with Crippen molar-refractivity contribution in [2.45, 2.75) is 30.2 Å². The molecule has 1 fully saturated rings. The van der Waals surface area contributed by atoms with Gasteiger partial charge in [-0.2, -0.15) is 0 Å². The Morgan fingerprint density at radius 1 is 1.15 bits per heavy atom. The van der Waals surface area contributed by atoms with Gasteiger partial charge in [-0.15, -0.1) is 0 Å². The molecule has 8 heteroatoms. The first-order valence-corrected chi connectivity index (χ1v) is 10.5. The van der Waals surface area contributed by atoms with Gasteiger partial charge in [0.05, 0.1) is 16.9 Å². The van der Waals surface area contributed by atoms with Crippen molar-refractivity contribution < 1.29 is 22.4 Å². The molecule has 1 unspecified atom stereocenters. The first-order chi connectivity index (χ1) is 13.0. The molecule has 0 spiro atoms. The van der Waals surface area contributed by atoms with Crippen molar-refractivity contribution in [1.29, 1.82) is 0 Å². The molecule has 2 amide bonds. The second kappa shape index (κ2) is 8.39. The number of benzene rings is 1. The standard InChI is InChI=1S/C19H22N2O5S/c22-18(16-9-4-12-21(16)19(23)17-10-5-13-26-17)20-11-6-14-27(24,25)15-7-2-1-3-8-15/h1-3,5,7-8,10,13,16H,4,6,9,11-12,14H2,(H,20,22). The number of likely N-dealkylation sites (tertiary alicyclic amines) is 1. The normalized spacial score (nSPS) is 17.0. The summed E-state index contributed by atoms with van der Waals surface area (Å²) < 4.78 is 29.6. The minimum Gasteiger partial charge on any atom is -0.459 e. The Hall–Kier alpha value is -2.61. The predicted molar refractivity (Wildman–Crippen MR) is 98.9 cm³/mol. The van der Waals surface area contributed by atoms with E-state index in [2.05, 4.69) is 5.32 Å². The van der Waals surface area contributed by atoms with Crippen LogP contribution in [0.3, 0.4) is 0 Å². The number of rotatable bonds is 7. The molecule has 1 atom stereocenters. The molecule has 1 saturated heterocycles. The summed E-state index contributed by atoms with van der Waals surface area (Å²) in [6, 6.07) is 10.9. The minimum atomic E-state index is -3.36. The molecule has 27 heavy (non-hydrogen) atoms. The van der Waals surface area contributed by atoms with Crippen LogP contribution in [-0.2, 0) is 14.6 Å². The third-order valence-electron chi connectivity index (χ3n) is 4.54. The van der Waals surface area contributed by atoms with Crippen LogP contribution >= 0.6 is 0 Å². The lowest BCUT2D eigenvalue weighted by molar-refractivity contribution is -0.124. The Kier molecular flexibility index (Phi) is 5.95. The van der Waals surface area contributed by atoms with E-state index in [0.717, 1.165) is 6.42 Å². The van der Waals surface area contributed by atoms with E-state index in [0.29, 0.717) is 19.4 Å². The number of nitrogens with one attached hydrogen (secondary N) is 1. The van der Waals surface area contributed by atoms with Crippen LogP contribution in [0.15, 0.2) is 58.0 Å². The lowest BCUT2D eigenvalue weighted by atomic mass is 10.2. The molecule has 1 aliphatic heterocycles. The molecule has 0 saturated carbocycles. The van der Waals surface area contributed by atoms with Crippen molar-refractivity contribution in [2.24, 2.45) is 0 Å². The molecule has 3 rings (SSSR count). The molecule has 1 aromatic carbocycles. The zero-order valence-corrected chi connectivity index (χ0v) is 15.7. The van der Waals surface area contributed by atoms with Crippen LogP contribution in [0.25, 0.3) is 0 Å². The van der Waals surface area contributed by atoms with Gasteiger partial charge in [-0.3, -0.25) is 9.59 Å². The van der Waals surface area contributed by atoms with Crippen molar-refractivity contribution >= 4 is 21.7 Å². The van der Waals surface area contributed by atoms with Crippen LogP contribution in [0.4, 0.5) is 0 Å². The van der Waals surface area contributed by atoms with Crippen LogP contribution < -0.4 is 5.32 Å². The summed E-state index contributed by atoms with van der Waals surface area (Å²) in [7, 11) is -3.36. The summed E-state index contributed by atoms with van der Waals surface area (Å²) in [4.78, 5) is 26.6. The van der Waals surface area contributed by atoms with Crippen LogP contribution in [0.1, 0.15) is 29.8 Å². The van der Waals surface area contributed by atoms with Crippen LogP contribution in [0.2, 0.25) is 0 Å². The number of carbonyl (C=O) groups is 2. The van der Waals surface area contributed by atoms with E-state index in [9.17, 15) is 18.0 Å². The van der Waals surface area contributed by atoms with Crippen molar-refractivity contribution in [3.8, 4) is 0 Å². The summed E-state index contributed by atoms with van der Waals surface area (Å²) in [5.74, 6) is -0.394. The fourth-order valence-electron chi connectivity index (χ4n) is 3.16. The van der Waals surface area contributed by atoms with E-state index in [1.165, 1.54) is 11.2 Å². The lowest BCUT2D eigenvalue weighted by Gasteiger charge is -2.23. The quantitative estimate of drug-likeness (QED) is 0.728. The number of amides is 2. The van der Waals surface area contributed by atoms with Gasteiger partial charge in [0.2, 0.25) is 5.91 Å². The number of hydrogen-bond donors (Lipinski definition) is 1. The third-order valence-corrected chi connectivity index (χ3v) is 6.36. The Bertz CT molecular complexity index is 878. The average Bonchev–Trinajstić information content (AvgIpc) is 3.37. The molecule has 7 nitrogen and oxygen atoms in total. The molecule has 0 aliphatic carbocycles. The van der Waals surface area contributed by atoms with E-state index in [-0.39, 0.29) is 34.8 Å². The molecule has 0 bridgehead atoms. The zero-order valence-electron chi connectivity index (χ0n) is 14.8. The highest BCUT2D eigenvalue weighted by Gasteiger charge is 2.35. The predicted octanol–water partition coefficient (Wildman–Crippen LogP) is 1.86. The lowest BCUT2D eigenvalue weighted by Crippen LogP contribution is -2.46. The van der Waals surface area contributed by atoms with Crippen molar-refractivity contribution in [1.82, 2.24) is 10.2 Å². The van der Waals surface area contributed by atoms with E-state index in [4.69, 9.17) is 4.42 Å². The smallest absolute Gasteiger partial charge is 0.290 e. The second-order valence-corrected chi connectivity index (χ2v) is 8.52. The highest BCUT2D eigenvalue weighted by atomic mass is 32.2. The third kappa shape index (κ3) is 4.57. The van der Waals surface area contributed by atoms with Crippen molar-refractivity contribution in [3.05, 3.63) is 54.5 Å². The van der Waals surface area contributed by atoms with E-state index in [1.54, 1.807) is 42.5 Å². The Morgan fingerprint density at radius 3 is 2.63 bits per heavy atom. The second-order valence-electron chi connectivity index (χ2n) is 6.41. The molecule has 1 aromatic heterocycles. The zero-order chi connectivity index (χ0) is 19.3. The van der Waals surface area contributed by atoms with Gasteiger partial charge in [0.15, 0.2) is 15.6 Å². The molecule has 2 aromatic rings. The fourth-order valence-corrected chi connectivity index (χ4v) is 4.49. The summed E-state index contributed by atoms with van der Waals surface area (Å²) >= 11 is 0. The Labute approximate surface area is 158 Å². The van der Waals surface area contributed by atoms with Crippen LogP contribution in [0.5, 0.6) is 0 Å². The van der Waals surface area contributed by atoms with Crippen LogP contribution in [-0.4, -0.2) is 50.0 Å². The van der Waals surface area contributed by atoms with Gasteiger partial charge in [0, 0.05) is 13.1 Å². The van der Waals surface area contributed by atoms with Crippen LogP contribution in [0, 0.1) is 0 Å². The van der Waals surface area contributed by atoms with Crippen molar-refractivity contribution in [2.75, 3.05) is 18.8 Å². The molecule has 144 valence electrons. The fraction of sp³-hybridized carbons (Fsp3) is 0.368. The molecule has 1 aliphatic rings. The highest BCUT2D eigenvalue weighted by molar-refractivity contribution is 7.91. The van der Waals surface area contributed by atoms with Gasteiger partial charge in [-0.25, -0.2) is 8.42 Å².